The van der Waals surface area contributed by atoms with Crippen LogP contribution in [0.1, 0.15) is 53.4 Å². The highest BCUT2D eigenvalue weighted by atomic mass is 16.5. The molecule has 2 aliphatic rings. The minimum atomic E-state index is -0.666. The number of amides is 2. The fourth-order valence-corrected chi connectivity index (χ4v) is 3.75. The van der Waals surface area contributed by atoms with Crippen molar-refractivity contribution in [1.29, 1.82) is 0 Å². The fraction of sp³-hybridized carbons (Fsp3) is 0.875. The molecule has 1 N–H and O–H groups in total. The van der Waals surface area contributed by atoms with E-state index >= 15 is 0 Å². The van der Waals surface area contributed by atoms with Crippen molar-refractivity contribution in [3.63, 3.8) is 0 Å². The molecule has 0 aromatic carbocycles. The molecule has 2 rings (SSSR count). The molecular weight excluding hydrogens is 268 g/mol. The molecule has 2 amide bonds. The largest absolute Gasteiger partial charge is 0.383 e. The van der Waals surface area contributed by atoms with Gasteiger partial charge in [-0.05, 0) is 25.2 Å². The minimum Gasteiger partial charge on any atom is -0.383 e. The van der Waals surface area contributed by atoms with E-state index in [0.717, 1.165) is 25.7 Å². The van der Waals surface area contributed by atoms with E-state index in [2.05, 4.69) is 5.32 Å². The molecule has 0 aromatic rings. The Morgan fingerprint density at radius 3 is 2.38 bits per heavy atom. The molecule has 120 valence electrons. The van der Waals surface area contributed by atoms with E-state index < -0.39 is 11.6 Å². The molecule has 2 unspecified atom stereocenters. The Labute approximate surface area is 127 Å². The third-order valence-electron chi connectivity index (χ3n) is 4.69. The molecule has 5 nitrogen and oxygen atoms in total. The maximum absolute atomic E-state index is 13.1. The van der Waals surface area contributed by atoms with Crippen LogP contribution in [0.4, 0.5) is 0 Å². The lowest BCUT2D eigenvalue weighted by Gasteiger charge is -2.50. The van der Waals surface area contributed by atoms with Crippen molar-refractivity contribution >= 4 is 11.8 Å². The molecule has 1 aliphatic carbocycles. The second-order valence-corrected chi connectivity index (χ2v) is 7.56. The Hall–Kier alpha value is -1.10. The first-order valence-corrected chi connectivity index (χ1v) is 7.87. The Bertz CT molecular complexity index is 422. The van der Waals surface area contributed by atoms with Gasteiger partial charge in [0.2, 0.25) is 11.8 Å². The van der Waals surface area contributed by atoms with Crippen LogP contribution in [0.25, 0.3) is 0 Å². The van der Waals surface area contributed by atoms with E-state index in [0.29, 0.717) is 6.61 Å². The van der Waals surface area contributed by atoms with Crippen molar-refractivity contribution in [3.8, 4) is 0 Å². The van der Waals surface area contributed by atoms with Crippen LogP contribution in [-0.2, 0) is 14.3 Å². The summed E-state index contributed by atoms with van der Waals surface area (Å²) in [5.74, 6) is 0.0519. The highest BCUT2D eigenvalue weighted by molar-refractivity contribution is 6.00. The van der Waals surface area contributed by atoms with Gasteiger partial charge >= 0.3 is 0 Å². The second-order valence-electron chi connectivity index (χ2n) is 7.56. The summed E-state index contributed by atoms with van der Waals surface area (Å²) in [5.41, 5.74) is -0.969. The first-order chi connectivity index (χ1) is 9.73. The minimum absolute atomic E-state index is 0.0213. The van der Waals surface area contributed by atoms with Crippen LogP contribution in [0.2, 0.25) is 0 Å². The van der Waals surface area contributed by atoms with E-state index in [4.69, 9.17) is 4.74 Å². The van der Waals surface area contributed by atoms with Crippen molar-refractivity contribution < 1.29 is 14.3 Å². The summed E-state index contributed by atoms with van der Waals surface area (Å²) in [5, 5.41) is 3.05. The number of hydrogen-bond acceptors (Lipinski definition) is 3. The van der Waals surface area contributed by atoms with E-state index in [1.54, 1.807) is 12.0 Å². The molecule has 1 aliphatic heterocycles. The van der Waals surface area contributed by atoms with Crippen molar-refractivity contribution in [1.82, 2.24) is 10.2 Å². The van der Waals surface area contributed by atoms with E-state index in [-0.39, 0.29) is 23.3 Å². The summed E-state index contributed by atoms with van der Waals surface area (Å²) in [6.07, 6.45) is 3.51. The molecule has 1 heterocycles. The van der Waals surface area contributed by atoms with Crippen molar-refractivity contribution in [2.24, 2.45) is 5.41 Å². The van der Waals surface area contributed by atoms with Crippen molar-refractivity contribution in [2.45, 2.75) is 71.0 Å². The summed E-state index contributed by atoms with van der Waals surface area (Å²) < 4.78 is 5.23. The number of nitrogens with zero attached hydrogens (tertiary/aromatic N) is 1. The Kier molecular flexibility index (Phi) is 4.34. The summed E-state index contributed by atoms with van der Waals surface area (Å²) in [4.78, 5) is 27.6. The maximum Gasteiger partial charge on any atom is 0.249 e. The number of rotatable bonds is 3. The first-order valence-electron chi connectivity index (χ1n) is 7.87. The molecule has 21 heavy (non-hydrogen) atoms. The fourth-order valence-electron chi connectivity index (χ4n) is 3.75. The maximum atomic E-state index is 13.1. The van der Waals surface area contributed by atoms with Crippen LogP contribution in [0.15, 0.2) is 0 Å². The van der Waals surface area contributed by atoms with Gasteiger partial charge in [0.1, 0.15) is 11.6 Å². The summed E-state index contributed by atoms with van der Waals surface area (Å²) >= 11 is 0. The van der Waals surface area contributed by atoms with Crippen LogP contribution in [0, 0.1) is 5.41 Å². The average Bonchev–Trinajstić information content (AvgIpc) is 2.81. The molecule has 0 aromatic heterocycles. The smallest absolute Gasteiger partial charge is 0.249 e. The molecule has 5 heteroatoms. The lowest BCUT2D eigenvalue weighted by molar-refractivity contribution is -0.163. The SMILES string of the molecule is COCC(C)N1C(=O)C2(CCCC2)NC(=O)C1C(C)(C)C. The molecule has 0 radical (unpaired) electrons. The molecule has 1 spiro atoms. The van der Waals surface area contributed by atoms with Gasteiger partial charge in [0.15, 0.2) is 0 Å². The number of nitrogens with one attached hydrogen (secondary N) is 1. The van der Waals surface area contributed by atoms with E-state index in [1.807, 2.05) is 27.7 Å². The lowest BCUT2D eigenvalue weighted by atomic mass is 9.79. The quantitative estimate of drug-likeness (QED) is 0.862. The third kappa shape index (κ3) is 2.80. The Morgan fingerprint density at radius 2 is 1.90 bits per heavy atom. The van der Waals surface area contributed by atoms with Crippen LogP contribution in [0.5, 0.6) is 0 Å². The number of piperazine rings is 1. The van der Waals surface area contributed by atoms with Gasteiger partial charge in [0.25, 0.3) is 0 Å². The molecular formula is C16H28N2O3. The molecule has 0 bridgehead atoms. The van der Waals surface area contributed by atoms with Gasteiger partial charge < -0.3 is 15.0 Å². The van der Waals surface area contributed by atoms with Crippen LogP contribution in [0.3, 0.4) is 0 Å². The summed E-state index contributed by atoms with van der Waals surface area (Å²) in [6.45, 7) is 8.42. The number of ether oxygens (including phenoxy) is 1. The van der Waals surface area contributed by atoms with E-state index in [9.17, 15) is 9.59 Å². The normalized spacial score (nSPS) is 27.1. The number of hydrogen-bond donors (Lipinski definition) is 1. The Morgan fingerprint density at radius 1 is 1.33 bits per heavy atom. The number of carbonyl (C=O) groups excluding carboxylic acids is 2. The lowest BCUT2D eigenvalue weighted by Crippen LogP contribution is -2.73. The van der Waals surface area contributed by atoms with Gasteiger partial charge in [-0.25, -0.2) is 0 Å². The third-order valence-corrected chi connectivity index (χ3v) is 4.69. The highest BCUT2D eigenvalue weighted by Crippen LogP contribution is 2.39. The van der Waals surface area contributed by atoms with Gasteiger partial charge in [-0.15, -0.1) is 0 Å². The van der Waals surface area contributed by atoms with Crippen LogP contribution >= 0.6 is 0 Å². The van der Waals surface area contributed by atoms with Gasteiger partial charge in [-0.1, -0.05) is 33.6 Å². The second kappa shape index (κ2) is 5.59. The molecule has 2 fully saturated rings. The topological polar surface area (TPSA) is 58.6 Å². The highest BCUT2D eigenvalue weighted by Gasteiger charge is 2.55. The van der Waals surface area contributed by atoms with Crippen molar-refractivity contribution in [2.75, 3.05) is 13.7 Å². The Balaban J connectivity index is 2.39. The molecule has 1 saturated carbocycles. The van der Waals surface area contributed by atoms with E-state index in [1.165, 1.54) is 0 Å². The predicted molar refractivity (Wildman–Crippen MR) is 80.8 cm³/mol. The zero-order valence-electron chi connectivity index (χ0n) is 13.9. The number of methoxy groups -OCH3 is 1. The van der Waals surface area contributed by atoms with Crippen molar-refractivity contribution in [3.05, 3.63) is 0 Å². The van der Waals surface area contributed by atoms with Crippen LogP contribution < -0.4 is 5.32 Å². The molecule has 1 saturated heterocycles. The van der Waals surface area contributed by atoms with Gasteiger partial charge in [0.05, 0.1) is 12.6 Å². The zero-order chi connectivity index (χ0) is 15.8. The van der Waals surface area contributed by atoms with Gasteiger partial charge in [0, 0.05) is 7.11 Å². The average molecular weight is 296 g/mol. The number of carbonyl (C=O) groups is 2. The summed E-state index contributed by atoms with van der Waals surface area (Å²) in [7, 11) is 1.63. The monoisotopic (exact) mass is 296 g/mol. The van der Waals surface area contributed by atoms with Crippen LogP contribution in [-0.4, -0.2) is 48.1 Å². The summed E-state index contributed by atoms with van der Waals surface area (Å²) in [6, 6.07) is -0.545. The first kappa shape index (κ1) is 16.3. The standard InChI is InChI=1S/C16H28N2O3/c1-11(10-21-5)18-12(15(2,3)4)13(19)17-16(14(18)20)8-6-7-9-16/h11-12H,6-10H2,1-5H3,(H,17,19). The molecule has 2 atom stereocenters. The van der Waals surface area contributed by atoms with Gasteiger partial charge in [-0.2, -0.15) is 0 Å². The van der Waals surface area contributed by atoms with Gasteiger partial charge in [-0.3, -0.25) is 9.59 Å². The predicted octanol–water partition coefficient (Wildman–Crippen LogP) is 1.71. The zero-order valence-corrected chi connectivity index (χ0v) is 13.9.